The summed E-state index contributed by atoms with van der Waals surface area (Å²) in [7, 11) is 0. The molecule has 2 N–H and O–H groups in total. The Morgan fingerprint density at radius 3 is 1.30 bits per heavy atom. The van der Waals surface area contributed by atoms with E-state index in [2.05, 4.69) is 53.7 Å². The van der Waals surface area contributed by atoms with Crippen molar-refractivity contribution in [3.8, 4) is 22.6 Å². The standard InChI is InChI=1S/C28H42O2/c1-7-9-11-17-27(3,4)21-13-15-25(29)23(19-21)24-20-22(14-16-26(24)30)28(5,6)18-12-10-8-2/h13-16,19-20,29-30H,7-12,17-18H2,1-6H3. The van der Waals surface area contributed by atoms with Gasteiger partial charge in [0, 0.05) is 11.1 Å². The van der Waals surface area contributed by atoms with Crippen molar-refractivity contribution in [1.82, 2.24) is 0 Å². The van der Waals surface area contributed by atoms with Gasteiger partial charge < -0.3 is 10.2 Å². The van der Waals surface area contributed by atoms with E-state index in [1.807, 2.05) is 12.1 Å². The first-order valence-electron chi connectivity index (χ1n) is 11.8. The molecule has 30 heavy (non-hydrogen) atoms. The Labute approximate surface area is 184 Å². The molecular weight excluding hydrogens is 368 g/mol. The lowest BCUT2D eigenvalue weighted by Gasteiger charge is -2.28. The van der Waals surface area contributed by atoms with Crippen LogP contribution in [0.4, 0.5) is 0 Å². The average Bonchev–Trinajstić information content (AvgIpc) is 2.69. The van der Waals surface area contributed by atoms with Gasteiger partial charge in [0.15, 0.2) is 0 Å². The summed E-state index contributed by atoms with van der Waals surface area (Å²) in [6.07, 6.45) is 9.54. The van der Waals surface area contributed by atoms with Crippen molar-refractivity contribution in [3.05, 3.63) is 47.5 Å². The van der Waals surface area contributed by atoms with Crippen LogP contribution in [0, 0.1) is 0 Å². The Balaban J connectivity index is 2.41. The van der Waals surface area contributed by atoms with Gasteiger partial charge in [0.1, 0.15) is 11.5 Å². The Kier molecular flexibility index (Phi) is 8.41. The van der Waals surface area contributed by atoms with E-state index in [1.54, 1.807) is 12.1 Å². The van der Waals surface area contributed by atoms with Gasteiger partial charge in [0.2, 0.25) is 0 Å². The van der Waals surface area contributed by atoms with Crippen LogP contribution in [0.5, 0.6) is 11.5 Å². The van der Waals surface area contributed by atoms with E-state index >= 15 is 0 Å². The monoisotopic (exact) mass is 410 g/mol. The number of aromatic hydroxyl groups is 2. The normalized spacial score (nSPS) is 12.3. The van der Waals surface area contributed by atoms with Crippen molar-refractivity contribution in [1.29, 1.82) is 0 Å². The molecule has 0 heterocycles. The molecule has 0 radical (unpaired) electrons. The Hall–Kier alpha value is -1.96. The molecule has 0 aliphatic rings. The number of rotatable bonds is 11. The summed E-state index contributed by atoms with van der Waals surface area (Å²) in [4.78, 5) is 0. The highest BCUT2D eigenvalue weighted by Gasteiger charge is 2.24. The number of phenolic OH excluding ortho intramolecular Hbond substituents is 2. The highest BCUT2D eigenvalue weighted by atomic mass is 16.3. The van der Waals surface area contributed by atoms with Crippen molar-refractivity contribution in [3.63, 3.8) is 0 Å². The van der Waals surface area contributed by atoms with Crippen LogP contribution in [0.15, 0.2) is 36.4 Å². The number of hydrogen-bond acceptors (Lipinski definition) is 2. The van der Waals surface area contributed by atoms with E-state index in [0.717, 1.165) is 24.0 Å². The second kappa shape index (κ2) is 10.4. The molecule has 166 valence electrons. The minimum Gasteiger partial charge on any atom is -0.507 e. The largest absolute Gasteiger partial charge is 0.507 e. The van der Waals surface area contributed by atoms with Crippen LogP contribution < -0.4 is 0 Å². The van der Waals surface area contributed by atoms with Crippen molar-refractivity contribution in [2.45, 2.75) is 104 Å². The van der Waals surface area contributed by atoms with Gasteiger partial charge in [-0.15, -0.1) is 0 Å². The van der Waals surface area contributed by atoms with Crippen LogP contribution >= 0.6 is 0 Å². The number of unbranched alkanes of at least 4 members (excludes halogenated alkanes) is 4. The predicted octanol–water partition coefficient (Wildman–Crippen LogP) is 8.48. The van der Waals surface area contributed by atoms with E-state index in [4.69, 9.17) is 0 Å². The SMILES string of the molecule is CCCCCC(C)(C)c1ccc(O)c(-c2cc(C(C)(C)CCCCC)ccc2O)c1. The van der Waals surface area contributed by atoms with Crippen LogP contribution in [0.2, 0.25) is 0 Å². The molecule has 0 bridgehead atoms. The summed E-state index contributed by atoms with van der Waals surface area (Å²) in [6, 6.07) is 11.8. The maximum atomic E-state index is 10.6. The summed E-state index contributed by atoms with van der Waals surface area (Å²) in [5.74, 6) is 0.443. The van der Waals surface area contributed by atoms with Crippen molar-refractivity contribution in [2.24, 2.45) is 0 Å². The molecule has 2 aromatic carbocycles. The molecule has 0 aliphatic heterocycles. The first-order valence-corrected chi connectivity index (χ1v) is 11.8. The average molecular weight is 411 g/mol. The van der Waals surface area contributed by atoms with E-state index in [1.165, 1.54) is 49.7 Å². The Morgan fingerprint density at radius 2 is 0.967 bits per heavy atom. The molecule has 2 rings (SSSR count). The number of phenols is 2. The van der Waals surface area contributed by atoms with Gasteiger partial charge in [0.25, 0.3) is 0 Å². The molecule has 2 aromatic rings. The maximum absolute atomic E-state index is 10.6. The molecular formula is C28H42O2. The number of benzene rings is 2. The maximum Gasteiger partial charge on any atom is 0.123 e. The van der Waals surface area contributed by atoms with Gasteiger partial charge in [-0.05, 0) is 59.1 Å². The van der Waals surface area contributed by atoms with Crippen LogP contribution in [0.3, 0.4) is 0 Å². The fourth-order valence-electron chi connectivity index (χ4n) is 4.27. The van der Waals surface area contributed by atoms with Crippen molar-refractivity contribution >= 4 is 0 Å². The molecule has 0 saturated carbocycles. The fourth-order valence-corrected chi connectivity index (χ4v) is 4.27. The lowest BCUT2D eigenvalue weighted by atomic mass is 9.77. The minimum absolute atomic E-state index is 0.0320. The molecule has 0 saturated heterocycles. The highest BCUT2D eigenvalue weighted by Crippen LogP contribution is 2.42. The van der Waals surface area contributed by atoms with Gasteiger partial charge in [-0.25, -0.2) is 0 Å². The fraction of sp³-hybridized carbons (Fsp3) is 0.571. The zero-order chi connectivity index (χ0) is 22.4. The van der Waals surface area contributed by atoms with Gasteiger partial charge >= 0.3 is 0 Å². The summed E-state index contributed by atoms with van der Waals surface area (Å²) in [6.45, 7) is 13.5. The van der Waals surface area contributed by atoms with E-state index in [9.17, 15) is 10.2 Å². The zero-order valence-electron chi connectivity index (χ0n) is 20.0. The van der Waals surface area contributed by atoms with Crippen LogP contribution in [-0.4, -0.2) is 10.2 Å². The second-order valence-electron chi connectivity index (χ2n) is 10.1. The van der Waals surface area contributed by atoms with E-state index in [0.29, 0.717) is 0 Å². The van der Waals surface area contributed by atoms with Crippen molar-refractivity contribution < 1.29 is 10.2 Å². The third-order valence-electron chi connectivity index (χ3n) is 6.66. The zero-order valence-corrected chi connectivity index (χ0v) is 20.0. The van der Waals surface area contributed by atoms with Gasteiger partial charge in [-0.2, -0.15) is 0 Å². The van der Waals surface area contributed by atoms with E-state index in [-0.39, 0.29) is 22.3 Å². The van der Waals surface area contributed by atoms with Gasteiger partial charge in [-0.1, -0.05) is 92.2 Å². The quantitative estimate of drug-likeness (QED) is 0.365. The molecule has 0 atom stereocenters. The molecule has 0 aromatic heterocycles. The number of hydrogen-bond donors (Lipinski definition) is 2. The Bertz CT molecular complexity index is 748. The predicted molar refractivity (Wildman–Crippen MR) is 130 cm³/mol. The third kappa shape index (κ3) is 6.03. The van der Waals surface area contributed by atoms with Crippen LogP contribution in [0.25, 0.3) is 11.1 Å². The van der Waals surface area contributed by atoms with Crippen LogP contribution in [0.1, 0.15) is 104 Å². The summed E-state index contributed by atoms with van der Waals surface area (Å²) in [5, 5.41) is 21.3. The highest BCUT2D eigenvalue weighted by molar-refractivity contribution is 5.77. The molecule has 0 amide bonds. The summed E-state index contributed by atoms with van der Waals surface area (Å²) >= 11 is 0. The molecule has 0 aliphatic carbocycles. The first-order chi connectivity index (χ1) is 14.1. The van der Waals surface area contributed by atoms with Gasteiger partial charge in [-0.3, -0.25) is 0 Å². The molecule has 2 nitrogen and oxygen atoms in total. The van der Waals surface area contributed by atoms with E-state index < -0.39 is 0 Å². The Morgan fingerprint density at radius 1 is 0.600 bits per heavy atom. The first kappa shape index (κ1) is 24.3. The van der Waals surface area contributed by atoms with Gasteiger partial charge in [0.05, 0.1) is 0 Å². The molecule has 2 heteroatoms. The van der Waals surface area contributed by atoms with Crippen molar-refractivity contribution in [2.75, 3.05) is 0 Å². The summed E-state index contributed by atoms with van der Waals surface area (Å²) in [5.41, 5.74) is 3.92. The third-order valence-corrected chi connectivity index (χ3v) is 6.66. The molecule has 0 spiro atoms. The molecule has 0 fully saturated rings. The molecule has 0 unspecified atom stereocenters. The summed E-state index contributed by atoms with van der Waals surface area (Å²) < 4.78 is 0. The second-order valence-corrected chi connectivity index (χ2v) is 10.1. The van der Waals surface area contributed by atoms with Crippen LogP contribution in [-0.2, 0) is 10.8 Å². The lowest BCUT2D eigenvalue weighted by Crippen LogP contribution is -2.17. The smallest absolute Gasteiger partial charge is 0.123 e. The lowest BCUT2D eigenvalue weighted by molar-refractivity contribution is 0.444. The topological polar surface area (TPSA) is 40.5 Å². The minimum atomic E-state index is 0.0320.